The molecule has 0 aliphatic rings. The van der Waals surface area contributed by atoms with Gasteiger partial charge in [0.1, 0.15) is 6.04 Å². The number of hydrogen-bond donors (Lipinski definition) is 1. The van der Waals surface area contributed by atoms with Gasteiger partial charge in [-0.15, -0.1) is 11.8 Å². The monoisotopic (exact) mass is 590 g/mol. The van der Waals surface area contributed by atoms with Crippen LogP contribution in [-0.2, 0) is 22.6 Å². The van der Waals surface area contributed by atoms with Crippen LogP contribution in [-0.4, -0.2) is 34.6 Å². The van der Waals surface area contributed by atoms with Gasteiger partial charge in [-0.25, -0.2) is 0 Å². The SMILES string of the molecule is CC[C@@H](C)NC(=O)[C@H](Cc1ccccc1)N(Cc1c(Cl)cccc1Cl)C(=O)CCCSc1ccc(Cl)cc1. The van der Waals surface area contributed by atoms with Crippen molar-refractivity contribution in [3.05, 3.63) is 99.0 Å². The van der Waals surface area contributed by atoms with Gasteiger partial charge in [0.05, 0.1) is 0 Å². The zero-order valence-electron chi connectivity index (χ0n) is 21.6. The quantitative estimate of drug-likeness (QED) is 0.161. The smallest absolute Gasteiger partial charge is 0.243 e. The Bertz CT molecular complexity index is 1170. The fraction of sp³-hybridized carbons (Fsp3) is 0.333. The van der Waals surface area contributed by atoms with E-state index in [1.807, 2.05) is 68.4 Å². The molecular formula is C30H33Cl3N2O2S. The second kappa shape index (κ2) is 15.4. The summed E-state index contributed by atoms with van der Waals surface area (Å²) in [4.78, 5) is 30.1. The van der Waals surface area contributed by atoms with Crippen LogP contribution in [0.5, 0.6) is 0 Å². The Labute approximate surface area is 245 Å². The summed E-state index contributed by atoms with van der Waals surface area (Å²) >= 11 is 20.6. The predicted octanol–water partition coefficient (Wildman–Crippen LogP) is 8.07. The summed E-state index contributed by atoms with van der Waals surface area (Å²) in [5, 5.41) is 4.71. The van der Waals surface area contributed by atoms with Gasteiger partial charge in [-0.1, -0.05) is 78.1 Å². The molecule has 4 nitrogen and oxygen atoms in total. The van der Waals surface area contributed by atoms with Gasteiger partial charge in [0.15, 0.2) is 0 Å². The summed E-state index contributed by atoms with van der Waals surface area (Å²) in [6, 6.07) is 21.9. The second-order valence-electron chi connectivity index (χ2n) is 9.15. The minimum absolute atomic E-state index is 0.0163. The normalized spacial score (nSPS) is 12.6. The lowest BCUT2D eigenvalue weighted by Crippen LogP contribution is -2.52. The molecule has 38 heavy (non-hydrogen) atoms. The van der Waals surface area contributed by atoms with E-state index in [9.17, 15) is 9.59 Å². The molecule has 0 radical (unpaired) electrons. The molecule has 0 fully saturated rings. The number of nitrogens with zero attached hydrogens (tertiary/aromatic N) is 1. The van der Waals surface area contributed by atoms with Gasteiger partial charge < -0.3 is 10.2 Å². The summed E-state index contributed by atoms with van der Waals surface area (Å²) in [7, 11) is 0. The van der Waals surface area contributed by atoms with E-state index < -0.39 is 6.04 Å². The Morgan fingerprint density at radius 2 is 1.58 bits per heavy atom. The molecule has 8 heteroatoms. The molecule has 0 unspecified atom stereocenters. The van der Waals surface area contributed by atoms with Crippen LogP contribution < -0.4 is 5.32 Å². The molecule has 0 aliphatic heterocycles. The van der Waals surface area contributed by atoms with Gasteiger partial charge in [0, 0.05) is 51.0 Å². The van der Waals surface area contributed by atoms with E-state index in [1.54, 1.807) is 34.9 Å². The topological polar surface area (TPSA) is 49.4 Å². The summed E-state index contributed by atoms with van der Waals surface area (Å²) in [6.45, 7) is 4.12. The molecule has 0 heterocycles. The van der Waals surface area contributed by atoms with Crippen LogP contribution in [0, 0.1) is 0 Å². The second-order valence-corrected chi connectivity index (χ2v) is 11.6. The average molecular weight is 592 g/mol. The highest BCUT2D eigenvalue weighted by molar-refractivity contribution is 7.99. The molecule has 0 bridgehead atoms. The molecular weight excluding hydrogens is 559 g/mol. The maximum Gasteiger partial charge on any atom is 0.243 e. The van der Waals surface area contributed by atoms with E-state index in [1.165, 1.54) is 0 Å². The lowest BCUT2D eigenvalue weighted by molar-refractivity contribution is -0.141. The zero-order chi connectivity index (χ0) is 27.5. The number of amides is 2. The van der Waals surface area contributed by atoms with Crippen LogP contribution in [0.1, 0.15) is 44.2 Å². The standard InChI is InChI=1S/C30H33Cl3N2O2S/c1-3-21(2)34-30(37)28(19-22-9-5-4-6-10-22)35(20-25-26(32)11-7-12-27(25)33)29(36)13-8-18-38-24-16-14-23(31)15-17-24/h4-7,9-12,14-17,21,28H,3,8,13,18-20H2,1-2H3,(H,34,37)/t21-,28+/m1/s1. The van der Waals surface area contributed by atoms with Crippen molar-refractivity contribution < 1.29 is 9.59 Å². The lowest BCUT2D eigenvalue weighted by Gasteiger charge is -2.33. The molecule has 0 saturated carbocycles. The maximum absolute atomic E-state index is 13.8. The van der Waals surface area contributed by atoms with E-state index in [0.29, 0.717) is 39.9 Å². The van der Waals surface area contributed by atoms with Gasteiger partial charge in [0.2, 0.25) is 11.8 Å². The first-order valence-electron chi connectivity index (χ1n) is 12.7. The van der Waals surface area contributed by atoms with E-state index in [4.69, 9.17) is 34.8 Å². The van der Waals surface area contributed by atoms with Crippen LogP contribution in [0.4, 0.5) is 0 Å². The largest absolute Gasteiger partial charge is 0.352 e. The van der Waals surface area contributed by atoms with E-state index in [0.717, 1.165) is 22.6 Å². The van der Waals surface area contributed by atoms with Crippen molar-refractivity contribution in [2.75, 3.05) is 5.75 Å². The fourth-order valence-corrected chi connectivity index (χ4v) is 5.43. The number of carbonyl (C=O) groups is 2. The van der Waals surface area contributed by atoms with Crippen LogP contribution >= 0.6 is 46.6 Å². The third-order valence-corrected chi connectivity index (χ3v) is 8.34. The molecule has 202 valence electrons. The highest BCUT2D eigenvalue weighted by atomic mass is 35.5. The van der Waals surface area contributed by atoms with Gasteiger partial charge >= 0.3 is 0 Å². The van der Waals surface area contributed by atoms with Crippen LogP contribution in [0.15, 0.2) is 77.7 Å². The molecule has 3 rings (SSSR count). The van der Waals surface area contributed by atoms with Crippen molar-refractivity contribution >= 4 is 58.4 Å². The Morgan fingerprint density at radius 3 is 2.21 bits per heavy atom. The Kier molecular flexibility index (Phi) is 12.3. The fourth-order valence-electron chi connectivity index (χ4n) is 3.94. The molecule has 0 aliphatic carbocycles. The highest BCUT2D eigenvalue weighted by Crippen LogP contribution is 2.28. The number of halogens is 3. The number of nitrogens with one attached hydrogen (secondary N) is 1. The number of thioether (sulfide) groups is 1. The minimum Gasteiger partial charge on any atom is -0.352 e. The molecule has 2 amide bonds. The number of rotatable bonds is 13. The molecule has 0 aromatic heterocycles. The highest BCUT2D eigenvalue weighted by Gasteiger charge is 2.31. The van der Waals surface area contributed by atoms with Crippen molar-refractivity contribution in [3.63, 3.8) is 0 Å². The van der Waals surface area contributed by atoms with Gasteiger partial charge in [0.25, 0.3) is 0 Å². The van der Waals surface area contributed by atoms with E-state index in [-0.39, 0.29) is 24.4 Å². The molecule has 2 atom stereocenters. The molecule has 0 saturated heterocycles. The van der Waals surface area contributed by atoms with Gasteiger partial charge in [-0.2, -0.15) is 0 Å². The first-order chi connectivity index (χ1) is 18.3. The van der Waals surface area contributed by atoms with Crippen molar-refractivity contribution in [2.45, 2.75) is 63.1 Å². The molecule has 1 N–H and O–H groups in total. The third-order valence-electron chi connectivity index (χ3n) is 6.28. The summed E-state index contributed by atoms with van der Waals surface area (Å²) in [5.41, 5.74) is 1.60. The van der Waals surface area contributed by atoms with Crippen molar-refractivity contribution in [3.8, 4) is 0 Å². The first-order valence-corrected chi connectivity index (χ1v) is 14.9. The van der Waals surface area contributed by atoms with Crippen LogP contribution in [0.2, 0.25) is 15.1 Å². The van der Waals surface area contributed by atoms with Crippen LogP contribution in [0.3, 0.4) is 0 Å². The average Bonchev–Trinajstić information content (AvgIpc) is 2.91. The zero-order valence-corrected chi connectivity index (χ0v) is 24.7. The van der Waals surface area contributed by atoms with Gasteiger partial charge in [-0.05, 0) is 67.5 Å². The Balaban J connectivity index is 1.84. The predicted molar refractivity (Wildman–Crippen MR) is 160 cm³/mol. The van der Waals surface area contributed by atoms with Crippen molar-refractivity contribution in [1.29, 1.82) is 0 Å². The molecule has 3 aromatic carbocycles. The summed E-state index contributed by atoms with van der Waals surface area (Å²) in [5.74, 6) is 0.462. The number of benzene rings is 3. The third kappa shape index (κ3) is 9.23. The first kappa shape index (κ1) is 30.4. The number of carbonyl (C=O) groups excluding carboxylic acids is 2. The van der Waals surface area contributed by atoms with Crippen molar-refractivity contribution in [2.24, 2.45) is 0 Å². The van der Waals surface area contributed by atoms with Crippen molar-refractivity contribution in [1.82, 2.24) is 10.2 Å². The van der Waals surface area contributed by atoms with Crippen LogP contribution in [0.25, 0.3) is 0 Å². The summed E-state index contributed by atoms with van der Waals surface area (Å²) < 4.78 is 0. The molecule has 0 spiro atoms. The summed E-state index contributed by atoms with van der Waals surface area (Å²) in [6.07, 6.45) is 2.13. The van der Waals surface area contributed by atoms with E-state index >= 15 is 0 Å². The molecule has 3 aromatic rings. The minimum atomic E-state index is -0.713. The number of hydrogen-bond acceptors (Lipinski definition) is 3. The maximum atomic E-state index is 13.8. The Morgan fingerprint density at radius 1 is 0.921 bits per heavy atom. The van der Waals surface area contributed by atoms with Gasteiger partial charge in [-0.3, -0.25) is 9.59 Å². The Hall–Kier alpha value is -2.18. The van der Waals surface area contributed by atoms with E-state index in [2.05, 4.69) is 5.32 Å². The lowest BCUT2D eigenvalue weighted by atomic mass is 10.0.